The van der Waals surface area contributed by atoms with Crippen molar-refractivity contribution in [2.24, 2.45) is 5.73 Å². The summed E-state index contributed by atoms with van der Waals surface area (Å²) in [6.45, 7) is 3.30. The Kier molecular flexibility index (Phi) is 7.05. The first-order valence-electron chi connectivity index (χ1n) is 12.6. The van der Waals surface area contributed by atoms with Gasteiger partial charge in [-0.1, -0.05) is 41.9 Å². The Labute approximate surface area is 229 Å². The van der Waals surface area contributed by atoms with Crippen molar-refractivity contribution in [3.63, 3.8) is 0 Å². The zero-order chi connectivity index (χ0) is 28.1. The molecule has 4 atom stereocenters. The number of benzene rings is 3. The number of ether oxygens (including phenoxy) is 2. The van der Waals surface area contributed by atoms with Crippen LogP contribution in [0.25, 0.3) is 11.1 Å². The zero-order valence-corrected chi connectivity index (χ0v) is 22.2. The Hall–Kier alpha value is -3.24. The number of amides is 1. The third kappa shape index (κ3) is 4.84. The smallest absolute Gasteiger partial charge is 0.249 e. The minimum atomic E-state index is -1.10. The maximum absolute atomic E-state index is 16.0. The van der Waals surface area contributed by atoms with Crippen LogP contribution >= 0.6 is 11.6 Å². The Morgan fingerprint density at radius 3 is 2.59 bits per heavy atom. The van der Waals surface area contributed by atoms with E-state index in [9.17, 15) is 15.0 Å². The number of carbonyl (C=O) groups is 1. The molecule has 1 fully saturated rings. The van der Waals surface area contributed by atoms with Crippen LogP contribution in [0.5, 0.6) is 11.5 Å². The Morgan fingerprint density at radius 1 is 1.26 bits per heavy atom. The number of hydrogen-bond donors (Lipinski definition) is 4. The fraction of sp³-hybridized carbons (Fsp3) is 0.345. The molecule has 5 N–H and O–H groups in total. The van der Waals surface area contributed by atoms with E-state index in [2.05, 4.69) is 5.32 Å². The van der Waals surface area contributed by atoms with Crippen LogP contribution < -0.4 is 20.5 Å². The number of rotatable bonds is 7. The standard InChI is InChI=1S/C29H29ClF2N2O5/c1-15(35)13-38-20-9-8-17(27(33)36)24(26(20)32)23-18-11-29(16-6-4-3-5-7-16,22-12-28(2,37)14-34-22)39-21(18)10-19(31)25(23)30/h3-10,15,22,34-35,37H,11-14H2,1-2H3,(H2,33,36)/t15-,22?,28+,29-/m0/s1. The molecule has 206 valence electrons. The molecule has 2 aliphatic rings. The van der Waals surface area contributed by atoms with Gasteiger partial charge in [0.05, 0.1) is 28.3 Å². The van der Waals surface area contributed by atoms with Gasteiger partial charge in [0.1, 0.15) is 18.2 Å². The van der Waals surface area contributed by atoms with Gasteiger partial charge in [-0.15, -0.1) is 0 Å². The van der Waals surface area contributed by atoms with Crippen LogP contribution in [0.4, 0.5) is 8.78 Å². The van der Waals surface area contributed by atoms with Crippen molar-refractivity contribution in [2.75, 3.05) is 13.2 Å². The maximum Gasteiger partial charge on any atom is 0.249 e. The van der Waals surface area contributed by atoms with Gasteiger partial charge in [0.15, 0.2) is 17.2 Å². The lowest BCUT2D eigenvalue weighted by molar-refractivity contribution is 0.0319. The van der Waals surface area contributed by atoms with E-state index in [1.54, 1.807) is 6.92 Å². The molecule has 0 spiro atoms. The van der Waals surface area contributed by atoms with E-state index in [1.807, 2.05) is 30.3 Å². The summed E-state index contributed by atoms with van der Waals surface area (Å²) in [5, 5.41) is 23.3. The summed E-state index contributed by atoms with van der Waals surface area (Å²) in [6, 6.07) is 12.6. The van der Waals surface area contributed by atoms with Crippen LogP contribution in [0.2, 0.25) is 5.02 Å². The van der Waals surface area contributed by atoms with E-state index < -0.39 is 45.9 Å². The first-order chi connectivity index (χ1) is 18.4. The van der Waals surface area contributed by atoms with Gasteiger partial charge in [0.25, 0.3) is 0 Å². The van der Waals surface area contributed by atoms with E-state index in [0.717, 1.165) is 11.6 Å². The number of nitrogens with two attached hydrogens (primary N) is 1. The number of hydrogen-bond acceptors (Lipinski definition) is 6. The minimum absolute atomic E-state index is 0.0666. The van der Waals surface area contributed by atoms with Gasteiger partial charge in [-0.05, 0) is 38.0 Å². The van der Waals surface area contributed by atoms with Crippen LogP contribution in [0.1, 0.15) is 41.8 Å². The molecule has 5 rings (SSSR count). The molecule has 39 heavy (non-hydrogen) atoms. The number of nitrogens with one attached hydrogen (secondary N) is 1. The van der Waals surface area contributed by atoms with E-state index >= 15 is 8.78 Å². The van der Waals surface area contributed by atoms with Crippen molar-refractivity contribution in [1.82, 2.24) is 5.32 Å². The van der Waals surface area contributed by atoms with Gasteiger partial charge in [0, 0.05) is 35.7 Å². The molecule has 3 aromatic rings. The second-order valence-corrected chi connectivity index (χ2v) is 10.9. The fourth-order valence-corrected chi connectivity index (χ4v) is 5.79. The fourth-order valence-electron chi connectivity index (χ4n) is 5.52. The highest BCUT2D eigenvalue weighted by atomic mass is 35.5. The third-order valence-corrected chi connectivity index (χ3v) is 7.69. The topological polar surface area (TPSA) is 114 Å². The second-order valence-electron chi connectivity index (χ2n) is 10.5. The van der Waals surface area contributed by atoms with E-state index in [-0.39, 0.29) is 41.2 Å². The van der Waals surface area contributed by atoms with Crippen molar-refractivity contribution in [3.05, 3.63) is 81.9 Å². The first-order valence-corrected chi connectivity index (χ1v) is 13.0. The van der Waals surface area contributed by atoms with E-state index in [4.69, 9.17) is 26.8 Å². The number of aliphatic hydroxyl groups is 2. The summed E-state index contributed by atoms with van der Waals surface area (Å²) in [6.07, 6.45) is -0.418. The number of carbonyl (C=O) groups excluding carboxylic acids is 1. The predicted molar refractivity (Wildman–Crippen MR) is 142 cm³/mol. The van der Waals surface area contributed by atoms with Gasteiger partial charge in [0.2, 0.25) is 5.91 Å². The molecule has 10 heteroatoms. The first kappa shape index (κ1) is 27.3. The lowest BCUT2D eigenvalue weighted by Gasteiger charge is -2.36. The molecule has 1 amide bonds. The third-order valence-electron chi connectivity index (χ3n) is 7.32. The van der Waals surface area contributed by atoms with Crippen LogP contribution in [-0.4, -0.2) is 47.0 Å². The normalized spacial score (nSPS) is 24.7. The molecule has 1 saturated heterocycles. The molecular formula is C29H29ClF2N2O5. The van der Waals surface area contributed by atoms with Crippen LogP contribution in [0.15, 0.2) is 48.5 Å². The van der Waals surface area contributed by atoms with Crippen LogP contribution in [-0.2, 0) is 12.0 Å². The molecule has 7 nitrogen and oxygen atoms in total. The number of primary amides is 1. The average molecular weight is 559 g/mol. The lowest BCUT2D eigenvalue weighted by Crippen LogP contribution is -2.49. The molecule has 2 heterocycles. The van der Waals surface area contributed by atoms with Crippen molar-refractivity contribution < 1.29 is 33.3 Å². The van der Waals surface area contributed by atoms with Crippen LogP contribution in [0.3, 0.4) is 0 Å². The van der Waals surface area contributed by atoms with Gasteiger partial charge in [-0.3, -0.25) is 4.79 Å². The number of halogens is 3. The SMILES string of the molecule is C[C@H](O)COc1ccc(C(N)=O)c(-c2c(Cl)c(F)cc3c2C[C@](c2ccccc2)(C2C[C@@](C)(O)CN2)O3)c1F. The highest BCUT2D eigenvalue weighted by Gasteiger charge is 2.53. The Bertz CT molecular complexity index is 1430. The summed E-state index contributed by atoms with van der Waals surface area (Å²) >= 11 is 6.50. The van der Waals surface area contributed by atoms with Crippen molar-refractivity contribution in [1.29, 1.82) is 0 Å². The molecule has 1 unspecified atom stereocenters. The molecule has 0 radical (unpaired) electrons. The highest BCUT2D eigenvalue weighted by molar-refractivity contribution is 6.34. The largest absolute Gasteiger partial charge is 0.488 e. The summed E-state index contributed by atoms with van der Waals surface area (Å²) in [5.41, 5.74) is 4.06. The van der Waals surface area contributed by atoms with Crippen LogP contribution in [0, 0.1) is 11.6 Å². The van der Waals surface area contributed by atoms with Gasteiger partial charge in [-0.25, -0.2) is 8.78 Å². The summed E-state index contributed by atoms with van der Waals surface area (Å²) in [5.74, 6) is -2.91. The lowest BCUT2D eigenvalue weighted by atomic mass is 9.79. The quantitative estimate of drug-likeness (QED) is 0.347. The number of aliphatic hydroxyl groups excluding tert-OH is 1. The number of fused-ring (bicyclic) bond motifs is 1. The van der Waals surface area contributed by atoms with E-state index in [0.29, 0.717) is 18.5 Å². The molecule has 0 aliphatic carbocycles. The molecule has 0 saturated carbocycles. The van der Waals surface area contributed by atoms with Gasteiger partial charge >= 0.3 is 0 Å². The Balaban J connectivity index is 1.72. The molecule has 3 aromatic carbocycles. The maximum atomic E-state index is 16.0. The second kappa shape index (κ2) is 10.1. The number of β-amino-alcohol motifs (C(OH)–C–C–N with tert-alkyl or cyclic N) is 1. The predicted octanol–water partition coefficient (Wildman–Crippen LogP) is 4.09. The molecule has 0 bridgehead atoms. The van der Waals surface area contributed by atoms with E-state index in [1.165, 1.54) is 19.1 Å². The van der Waals surface area contributed by atoms with Crippen molar-refractivity contribution in [2.45, 2.75) is 50.0 Å². The summed E-state index contributed by atoms with van der Waals surface area (Å²) in [4.78, 5) is 12.4. The molecule has 0 aromatic heterocycles. The summed E-state index contributed by atoms with van der Waals surface area (Å²) in [7, 11) is 0. The highest BCUT2D eigenvalue weighted by Crippen LogP contribution is 2.53. The van der Waals surface area contributed by atoms with Crippen molar-refractivity contribution in [3.8, 4) is 22.6 Å². The van der Waals surface area contributed by atoms with Gasteiger partial charge < -0.3 is 30.7 Å². The molecular weight excluding hydrogens is 530 g/mol. The average Bonchev–Trinajstić information content (AvgIpc) is 3.45. The Morgan fingerprint density at radius 2 is 1.97 bits per heavy atom. The van der Waals surface area contributed by atoms with Gasteiger partial charge in [-0.2, -0.15) is 0 Å². The molecule has 2 aliphatic heterocycles. The monoisotopic (exact) mass is 558 g/mol. The minimum Gasteiger partial charge on any atom is -0.488 e. The summed E-state index contributed by atoms with van der Waals surface area (Å²) < 4.78 is 43.3. The zero-order valence-electron chi connectivity index (χ0n) is 21.4. The van der Waals surface area contributed by atoms with Crippen molar-refractivity contribution >= 4 is 17.5 Å².